The Morgan fingerprint density at radius 2 is 2.20 bits per heavy atom. The molecule has 2 heterocycles. The Kier molecular flexibility index (Phi) is 2.74. The first kappa shape index (κ1) is 12.7. The number of imidazole rings is 1. The molecule has 0 aliphatic carbocycles. The van der Waals surface area contributed by atoms with Crippen LogP contribution in [0.3, 0.4) is 0 Å². The van der Waals surface area contributed by atoms with E-state index in [0.717, 1.165) is 0 Å². The van der Waals surface area contributed by atoms with Crippen LogP contribution in [0.15, 0.2) is 18.2 Å². The molecular weight excluding hydrogens is 258 g/mol. The lowest BCUT2D eigenvalue weighted by atomic mass is 10.1. The number of carbonyl (C=O) groups excluding carboxylic acids is 1. The highest BCUT2D eigenvalue weighted by Gasteiger charge is 2.33. The lowest BCUT2D eigenvalue weighted by Gasteiger charge is -2.15. The number of carbonyl (C=O) groups is 2. The number of likely N-dealkylation sites (tertiary alicyclic amines) is 1. The van der Waals surface area contributed by atoms with Gasteiger partial charge in [-0.2, -0.15) is 0 Å². The normalized spacial score (nSPS) is 19.0. The molecule has 1 unspecified atom stereocenters. The fourth-order valence-electron chi connectivity index (χ4n) is 2.86. The maximum Gasteiger partial charge on any atom is 0.337 e. The number of likely N-dealkylation sites (N-methyl/N-ethyl adjacent to an activating group) is 1. The fraction of sp³-hybridized carbons (Fsp3) is 0.357. The van der Waals surface area contributed by atoms with Gasteiger partial charge in [0.25, 0.3) is 0 Å². The third-order valence-electron chi connectivity index (χ3n) is 3.83. The second-order valence-corrected chi connectivity index (χ2v) is 5.07. The molecule has 0 saturated carbocycles. The SMILES string of the molecule is Cc1nc2cccc(C(=O)O)c2n1C1CCN(C)C1=O. The number of hydrogen-bond donors (Lipinski definition) is 1. The molecule has 6 nitrogen and oxygen atoms in total. The van der Waals surface area contributed by atoms with Gasteiger partial charge in [-0.1, -0.05) is 6.07 Å². The van der Waals surface area contributed by atoms with Crippen molar-refractivity contribution < 1.29 is 14.7 Å². The Morgan fingerprint density at radius 3 is 2.80 bits per heavy atom. The van der Waals surface area contributed by atoms with Gasteiger partial charge in [0.05, 0.1) is 16.6 Å². The van der Waals surface area contributed by atoms with Gasteiger partial charge in [0, 0.05) is 13.6 Å². The van der Waals surface area contributed by atoms with Gasteiger partial charge in [-0.05, 0) is 25.5 Å². The van der Waals surface area contributed by atoms with Crippen molar-refractivity contribution in [2.45, 2.75) is 19.4 Å². The number of rotatable bonds is 2. The van der Waals surface area contributed by atoms with Crippen LogP contribution in [0.4, 0.5) is 0 Å². The van der Waals surface area contributed by atoms with Gasteiger partial charge in [-0.3, -0.25) is 4.79 Å². The number of hydrogen-bond acceptors (Lipinski definition) is 3. The maximum absolute atomic E-state index is 12.2. The summed E-state index contributed by atoms with van der Waals surface area (Å²) in [6.45, 7) is 2.48. The van der Waals surface area contributed by atoms with Gasteiger partial charge in [0.15, 0.2) is 0 Å². The van der Waals surface area contributed by atoms with E-state index >= 15 is 0 Å². The molecular formula is C14H15N3O3. The van der Waals surface area contributed by atoms with E-state index in [1.165, 1.54) is 0 Å². The van der Waals surface area contributed by atoms with Crippen molar-refractivity contribution in [2.24, 2.45) is 0 Å². The molecule has 1 amide bonds. The highest BCUT2D eigenvalue weighted by atomic mass is 16.4. The Morgan fingerprint density at radius 1 is 1.45 bits per heavy atom. The van der Waals surface area contributed by atoms with E-state index < -0.39 is 5.97 Å². The van der Waals surface area contributed by atoms with Crippen LogP contribution in [0.2, 0.25) is 0 Å². The van der Waals surface area contributed by atoms with E-state index in [1.54, 1.807) is 41.6 Å². The molecule has 1 aromatic carbocycles. The van der Waals surface area contributed by atoms with Crippen molar-refractivity contribution >= 4 is 22.9 Å². The molecule has 1 fully saturated rings. The van der Waals surface area contributed by atoms with E-state index in [-0.39, 0.29) is 17.5 Å². The Balaban J connectivity index is 2.27. The first-order chi connectivity index (χ1) is 9.50. The second-order valence-electron chi connectivity index (χ2n) is 5.07. The third-order valence-corrected chi connectivity index (χ3v) is 3.83. The predicted molar refractivity (Wildman–Crippen MR) is 72.7 cm³/mol. The third kappa shape index (κ3) is 1.68. The molecule has 0 bridgehead atoms. The minimum absolute atomic E-state index is 0.00703. The van der Waals surface area contributed by atoms with Crippen LogP contribution in [-0.4, -0.2) is 45.0 Å². The molecule has 0 spiro atoms. The van der Waals surface area contributed by atoms with Gasteiger partial charge < -0.3 is 14.6 Å². The molecule has 3 rings (SSSR count). The summed E-state index contributed by atoms with van der Waals surface area (Å²) < 4.78 is 1.77. The molecule has 20 heavy (non-hydrogen) atoms. The fourth-order valence-corrected chi connectivity index (χ4v) is 2.86. The average Bonchev–Trinajstić information content (AvgIpc) is 2.89. The summed E-state index contributed by atoms with van der Waals surface area (Å²) in [6.07, 6.45) is 0.676. The van der Waals surface area contributed by atoms with Crippen LogP contribution in [0.25, 0.3) is 11.0 Å². The van der Waals surface area contributed by atoms with E-state index in [1.807, 2.05) is 0 Å². The maximum atomic E-state index is 12.2. The van der Waals surface area contributed by atoms with Gasteiger partial charge in [-0.25, -0.2) is 9.78 Å². The lowest BCUT2D eigenvalue weighted by Crippen LogP contribution is -2.25. The quantitative estimate of drug-likeness (QED) is 0.898. The van der Waals surface area contributed by atoms with E-state index in [4.69, 9.17) is 0 Å². The summed E-state index contributed by atoms with van der Waals surface area (Å²) in [6, 6.07) is 4.64. The molecule has 1 aliphatic rings. The summed E-state index contributed by atoms with van der Waals surface area (Å²) in [4.78, 5) is 29.7. The number of amides is 1. The summed E-state index contributed by atoms with van der Waals surface area (Å²) in [5, 5.41) is 9.34. The van der Waals surface area contributed by atoms with Crippen molar-refractivity contribution in [2.75, 3.05) is 13.6 Å². The smallest absolute Gasteiger partial charge is 0.337 e. The first-order valence-corrected chi connectivity index (χ1v) is 6.46. The van der Waals surface area contributed by atoms with E-state index in [0.29, 0.717) is 29.8 Å². The van der Waals surface area contributed by atoms with Crippen LogP contribution >= 0.6 is 0 Å². The molecule has 1 aromatic heterocycles. The topological polar surface area (TPSA) is 75.4 Å². The standard InChI is InChI=1S/C14H15N3O3/c1-8-15-10-5-3-4-9(14(19)20)12(10)17(8)11-6-7-16(2)13(11)18/h3-5,11H,6-7H2,1-2H3,(H,19,20). The van der Waals surface area contributed by atoms with Crippen LogP contribution < -0.4 is 0 Å². The number of nitrogens with zero attached hydrogens (tertiary/aromatic N) is 3. The Labute approximate surface area is 115 Å². The number of carboxylic acids is 1. The minimum atomic E-state index is -1.00. The van der Waals surface area contributed by atoms with E-state index in [2.05, 4.69) is 4.98 Å². The highest BCUT2D eigenvalue weighted by Crippen LogP contribution is 2.30. The van der Waals surface area contributed by atoms with Crippen molar-refractivity contribution in [1.82, 2.24) is 14.5 Å². The zero-order valence-corrected chi connectivity index (χ0v) is 11.3. The molecule has 2 aromatic rings. The molecule has 6 heteroatoms. The predicted octanol–water partition coefficient (Wildman–Crippen LogP) is 1.45. The summed E-state index contributed by atoms with van der Waals surface area (Å²) >= 11 is 0. The zero-order chi connectivity index (χ0) is 14.4. The molecule has 0 radical (unpaired) electrons. The first-order valence-electron chi connectivity index (χ1n) is 6.46. The van der Waals surface area contributed by atoms with Gasteiger partial charge in [0.2, 0.25) is 5.91 Å². The van der Waals surface area contributed by atoms with Crippen LogP contribution in [0.1, 0.15) is 28.6 Å². The largest absolute Gasteiger partial charge is 0.478 e. The summed E-state index contributed by atoms with van der Waals surface area (Å²) in [7, 11) is 1.76. The number of para-hydroxylation sites is 1. The molecule has 1 atom stereocenters. The van der Waals surface area contributed by atoms with Gasteiger partial charge in [0.1, 0.15) is 11.9 Å². The lowest BCUT2D eigenvalue weighted by molar-refractivity contribution is -0.129. The highest BCUT2D eigenvalue weighted by molar-refractivity contribution is 6.02. The number of aromatic nitrogens is 2. The Bertz CT molecular complexity index is 720. The summed E-state index contributed by atoms with van der Waals surface area (Å²) in [5.74, 6) is -0.328. The van der Waals surface area contributed by atoms with Crippen LogP contribution in [0.5, 0.6) is 0 Å². The van der Waals surface area contributed by atoms with Gasteiger partial charge in [-0.15, -0.1) is 0 Å². The van der Waals surface area contributed by atoms with Crippen LogP contribution in [0, 0.1) is 6.92 Å². The number of benzene rings is 1. The summed E-state index contributed by atoms with van der Waals surface area (Å²) in [5.41, 5.74) is 1.33. The molecule has 1 saturated heterocycles. The number of fused-ring (bicyclic) bond motifs is 1. The molecule has 1 aliphatic heterocycles. The molecule has 104 valence electrons. The van der Waals surface area contributed by atoms with Gasteiger partial charge >= 0.3 is 5.97 Å². The van der Waals surface area contributed by atoms with Crippen molar-refractivity contribution in [3.05, 3.63) is 29.6 Å². The van der Waals surface area contributed by atoms with Crippen LogP contribution in [-0.2, 0) is 4.79 Å². The minimum Gasteiger partial charge on any atom is -0.478 e. The van der Waals surface area contributed by atoms with Crippen molar-refractivity contribution in [3.63, 3.8) is 0 Å². The van der Waals surface area contributed by atoms with Crippen molar-refractivity contribution in [1.29, 1.82) is 0 Å². The Hall–Kier alpha value is -2.37. The molecule has 1 N–H and O–H groups in total. The monoisotopic (exact) mass is 273 g/mol. The number of aromatic carboxylic acids is 1. The number of aryl methyl sites for hydroxylation is 1. The number of carboxylic acid groups (broad SMARTS) is 1. The second kappa shape index (κ2) is 4.33. The average molecular weight is 273 g/mol. The zero-order valence-electron chi connectivity index (χ0n) is 11.3. The van der Waals surface area contributed by atoms with E-state index in [9.17, 15) is 14.7 Å². The van der Waals surface area contributed by atoms with Crippen molar-refractivity contribution in [3.8, 4) is 0 Å².